The molecule has 76 valence electrons. The van der Waals surface area contributed by atoms with E-state index in [1.807, 2.05) is 0 Å². The molecule has 0 aromatic rings. The molecule has 0 unspecified atom stereocenters. The van der Waals surface area contributed by atoms with Gasteiger partial charge in [-0.1, -0.05) is 40.0 Å². The van der Waals surface area contributed by atoms with Crippen molar-refractivity contribution in [1.29, 1.82) is 0 Å². The van der Waals surface area contributed by atoms with E-state index in [0.717, 1.165) is 25.7 Å². The first kappa shape index (κ1) is 14.5. The van der Waals surface area contributed by atoms with E-state index in [0.29, 0.717) is 0 Å². The molecule has 0 spiro atoms. The molecule has 0 saturated carbocycles. The zero-order valence-electron chi connectivity index (χ0n) is 7.95. The van der Waals surface area contributed by atoms with Gasteiger partial charge in [-0.05, 0) is 6.42 Å². The summed E-state index contributed by atoms with van der Waals surface area (Å²) < 4.78 is 0. The molecule has 0 atom stereocenters. The second-order valence-electron chi connectivity index (χ2n) is 3.63. The van der Waals surface area contributed by atoms with E-state index in [1.165, 1.54) is 0 Å². The summed E-state index contributed by atoms with van der Waals surface area (Å²) in [6.07, 6.45) is 3.94. The Bertz CT molecular complexity index is 132. The quantitative estimate of drug-likeness (QED) is 0.518. The number of rotatable bonds is 5. The Morgan fingerprint density at radius 1 is 1.33 bits per heavy atom. The second kappa shape index (κ2) is 6.50. The summed E-state index contributed by atoms with van der Waals surface area (Å²) in [7, 11) is 0. The first-order valence-electron chi connectivity index (χ1n) is 4.22. The first-order valence-corrected chi connectivity index (χ1v) is 4.22. The van der Waals surface area contributed by atoms with Crippen molar-refractivity contribution in [3.8, 4) is 0 Å². The Kier molecular flexibility index (Phi) is 7.86. The minimum absolute atomic E-state index is 0. The second-order valence-corrected chi connectivity index (χ2v) is 3.63. The number of aliphatic carboxylic acids is 1. The molecule has 0 rings (SSSR count). The van der Waals surface area contributed by atoms with Gasteiger partial charge < -0.3 is 9.90 Å². The standard InChI is InChI=1S/C9H18O2.Cu/c1-4-5-6-7-9(2,3)8(10)11;/h4-7H2,1-3H3,(H,10,11);/q;+1/p-1. The van der Waals surface area contributed by atoms with Gasteiger partial charge in [-0.3, -0.25) is 0 Å². The third-order valence-electron chi connectivity index (χ3n) is 1.96. The summed E-state index contributed by atoms with van der Waals surface area (Å²) in [6.45, 7) is 5.54. The predicted octanol–water partition coefficient (Wildman–Crippen LogP) is 1.34. The zero-order valence-corrected chi connectivity index (χ0v) is 8.89. The van der Waals surface area contributed by atoms with Gasteiger partial charge in [-0.15, -0.1) is 0 Å². The number of carboxylic acid groups (broad SMARTS) is 1. The van der Waals surface area contributed by atoms with Gasteiger partial charge in [0.2, 0.25) is 0 Å². The van der Waals surface area contributed by atoms with Crippen molar-refractivity contribution in [2.75, 3.05) is 0 Å². The van der Waals surface area contributed by atoms with Gasteiger partial charge >= 0.3 is 17.1 Å². The van der Waals surface area contributed by atoms with Crippen LogP contribution in [0.5, 0.6) is 0 Å². The minimum Gasteiger partial charge on any atom is -0.550 e. The van der Waals surface area contributed by atoms with Crippen LogP contribution in [0.1, 0.15) is 46.5 Å². The smallest absolute Gasteiger partial charge is 0.550 e. The number of hydrogen-bond acceptors (Lipinski definition) is 2. The molecule has 0 N–H and O–H groups in total. The molecule has 0 amide bonds. The first-order chi connectivity index (χ1) is 5.00. The topological polar surface area (TPSA) is 40.1 Å². The molecule has 0 saturated heterocycles. The summed E-state index contributed by atoms with van der Waals surface area (Å²) >= 11 is 0. The van der Waals surface area contributed by atoms with Crippen molar-refractivity contribution in [3.05, 3.63) is 0 Å². The van der Waals surface area contributed by atoms with Crippen LogP contribution in [0.25, 0.3) is 0 Å². The van der Waals surface area contributed by atoms with Crippen molar-refractivity contribution in [2.45, 2.75) is 46.5 Å². The Morgan fingerprint density at radius 3 is 2.17 bits per heavy atom. The summed E-state index contributed by atoms with van der Waals surface area (Å²) in [5, 5.41) is 10.5. The van der Waals surface area contributed by atoms with Gasteiger partial charge in [0.25, 0.3) is 0 Å². The maximum Gasteiger partial charge on any atom is 1.00 e. The van der Waals surface area contributed by atoms with Crippen molar-refractivity contribution in [3.63, 3.8) is 0 Å². The average Bonchev–Trinajstić information content (AvgIpc) is 1.88. The van der Waals surface area contributed by atoms with Crippen LogP contribution in [0.15, 0.2) is 0 Å². The van der Waals surface area contributed by atoms with E-state index >= 15 is 0 Å². The third-order valence-corrected chi connectivity index (χ3v) is 1.96. The fraction of sp³-hybridized carbons (Fsp3) is 0.889. The summed E-state index contributed by atoms with van der Waals surface area (Å²) in [5.74, 6) is -0.936. The molecule has 0 aromatic carbocycles. The summed E-state index contributed by atoms with van der Waals surface area (Å²) in [6, 6.07) is 0. The molecule has 0 heterocycles. The maximum absolute atomic E-state index is 10.5. The van der Waals surface area contributed by atoms with E-state index < -0.39 is 11.4 Å². The molecule has 12 heavy (non-hydrogen) atoms. The molecule has 0 aliphatic carbocycles. The van der Waals surface area contributed by atoms with Crippen molar-refractivity contribution >= 4 is 5.97 Å². The van der Waals surface area contributed by atoms with Gasteiger partial charge in [0, 0.05) is 11.4 Å². The van der Waals surface area contributed by atoms with E-state index in [1.54, 1.807) is 13.8 Å². The van der Waals surface area contributed by atoms with Gasteiger partial charge in [0.1, 0.15) is 0 Å². The summed E-state index contributed by atoms with van der Waals surface area (Å²) in [5.41, 5.74) is -0.644. The third kappa shape index (κ3) is 5.62. The van der Waals surface area contributed by atoms with E-state index in [4.69, 9.17) is 0 Å². The molecule has 0 bridgehead atoms. The van der Waals surface area contributed by atoms with Gasteiger partial charge in [-0.2, -0.15) is 0 Å². The number of hydrogen-bond donors (Lipinski definition) is 0. The van der Waals surface area contributed by atoms with Crippen LogP contribution in [0.2, 0.25) is 0 Å². The van der Waals surface area contributed by atoms with Crippen LogP contribution >= 0.6 is 0 Å². The minimum atomic E-state index is -0.936. The Balaban J connectivity index is 0. The molecule has 0 fully saturated rings. The zero-order chi connectivity index (χ0) is 8.91. The van der Waals surface area contributed by atoms with Crippen LogP contribution in [0, 0.1) is 5.41 Å². The average molecular weight is 221 g/mol. The Morgan fingerprint density at radius 2 is 1.83 bits per heavy atom. The number of carbonyl (C=O) groups excluding carboxylic acids is 1. The van der Waals surface area contributed by atoms with Crippen LogP contribution < -0.4 is 5.11 Å². The number of carbonyl (C=O) groups is 1. The molecule has 0 radical (unpaired) electrons. The Hall–Kier alpha value is -0.0105. The molecular formula is C9H17CuO2. The molecular weight excluding hydrogens is 204 g/mol. The van der Waals surface area contributed by atoms with Crippen molar-refractivity contribution < 1.29 is 27.0 Å². The van der Waals surface area contributed by atoms with Gasteiger partial charge in [0.05, 0.1) is 0 Å². The molecule has 0 aromatic heterocycles. The molecule has 2 nitrogen and oxygen atoms in total. The van der Waals surface area contributed by atoms with Crippen LogP contribution in [0.3, 0.4) is 0 Å². The SMILES string of the molecule is CCCCCC(C)(C)C(=O)[O-].[Cu+]. The maximum atomic E-state index is 10.5. The predicted molar refractivity (Wildman–Crippen MR) is 42.9 cm³/mol. The van der Waals surface area contributed by atoms with Crippen LogP contribution in [-0.4, -0.2) is 5.97 Å². The molecule has 0 aliphatic rings. The van der Waals surface area contributed by atoms with Crippen molar-refractivity contribution in [1.82, 2.24) is 0 Å². The Labute approximate surface area is 85.2 Å². The van der Waals surface area contributed by atoms with Gasteiger partial charge in [-0.25, -0.2) is 0 Å². The van der Waals surface area contributed by atoms with E-state index in [9.17, 15) is 9.90 Å². The van der Waals surface area contributed by atoms with E-state index in [-0.39, 0.29) is 17.1 Å². The fourth-order valence-corrected chi connectivity index (χ4v) is 0.919. The fourth-order valence-electron chi connectivity index (χ4n) is 0.919. The number of carboxylic acids is 1. The van der Waals surface area contributed by atoms with Crippen LogP contribution in [-0.2, 0) is 21.9 Å². The largest absolute Gasteiger partial charge is 1.00 e. The molecule has 3 heteroatoms. The number of unbranched alkanes of at least 4 members (excludes halogenated alkanes) is 2. The van der Waals surface area contributed by atoms with Gasteiger partial charge in [0.15, 0.2) is 0 Å². The monoisotopic (exact) mass is 220 g/mol. The summed E-state index contributed by atoms with van der Waals surface area (Å²) in [4.78, 5) is 10.5. The van der Waals surface area contributed by atoms with E-state index in [2.05, 4.69) is 6.92 Å². The van der Waals surface area contributed by atoms with Crippen molar-refractivity contribution in [2.24, 2.45) is 5.41 Å². The normalized spacial score (nSPS) is 10.6. The van der Waals surface area contributed by atoms with Crippen LogP contribution in [0.4, 0.5) is 0 Å². The molecule has 0 aliphatic heterocycles.